The van der Waals surface area contributed by atoms with E-state index in [1.807, 2.05) is 0 Å². The molecular formula is C12H24NP. The van der Waals surface area contributed by atoms with Crippen molar-refractivity contribution in [2.75, 3.05) is 0 Å². The number of hydrogen-bond acceptors (Lipinski definition) is 1. The molecular weight excluding hydrogens is 189 g/mol. The summed E-state index contributed by atoms with van der Waals surface area (Å²) in [6, 6.07) is 1.77. The van der Waals surface area contributed by atoms with Gasteiger partial charge in [0.05, 0.1) is 0 Å². The van der Waals surface area contributed by atoms with Gasteiger partial charge in [-0.25, -0.2) is 0 Å². The average Bonchev–Trinajstić information content (AvgIpc) is 2.30. The Balaban J connectivity index is 1.82. The van der Waals surface area contributed by atoms with Gasteiger partial charge in [-0.05, 0) is 25.7 Å². The lowest BCUT2D eigenvalue weighted by Crippen LogP contribution is -2.38. The normalized spacial score (nSPS) is 27.0. The molecule has 0 heterocycles. The van der Waals surface area contributed by atoms with Crippen LogP contribution in [0.15, 0.2) is 0 Å². The zero-order valence-electron chi connectivity index (χ0n) is 9.25. The molecule has 0 aromatic rings. The van der Waals surface area contributed by atoms with Crippen molar-refractivity contribution in [3.63, 3.8) is 0 Å². The second-order valence-corrected chi connectivity index (χ2v) is 5.63. The summed E-state index contributed by atoms with van der Waals surface area (Å²) in [7, 11) is 3.03. The van der Waals surface area contributed by atoms with E-state index in [0.717, 1.165) is 12.1 Å². The van der Waals surface area contributed by atoms with Crippen molar-refractivity contribution in [1.29, 1.82) is 0 Å². The lowest BCUT2D eigenvalue weighted by Gasteiger charge is -2.38. The van der Waals surface area contributed by atoms with E-state index in [0.29, 0.717) is 0 Å². The van der Waals surface area contributed by atoms with Crippen LogP contribution in [0.25, 0.3) is 0 Å². The van der Waals surface area contributed by atoms with Crippen molar-refractivity contribution >= 4 is 9.39 Å². The number of rotatable bonds is 2. The fraction of sp³-hybridized carbons (Fsp3) is 1.00. The minimum absolute atomic E-state index is 0.886. The maximum absolute atomic E-state index is 3.03. The van der Waals surface area contributed by atoms with Gasteiger partial charge in [0.1, 0.15) is 0 Å². The monoisotopic (exact) mass is 213 g/mol. The first-order valence-electron chi connectivity index (χ1n) is 6.41. The molecule has 0 spiro atoms. The second-order valence-electron chi connectivity index (χ2n) is 5.03. The Morgan fingerprint density at radius 1 is 0.643 bits per heavy atom. The highest BCUT2D eigenvalue weighted by molar-refractivity contribution is 7.13. The summed E-state index contributed by atoms with van der Waals surface area (Å²) in [6.45, 7) is 0. The van der Waals surface area contributed by atoms with E-state index in [-0.39, 0.29) is 0 Å². The van der Waals surface area contributed by atoms with Crippen molar-refractivity contribution in [3.05, 3.63) is 0 Å². The zero-order chi connectivity index (χ0) is 9.80. The second kappa shape index (κ2) is 5.47. The Hall–Kier alpha value is 0.390. The molecule has 0 saturated heterocycles. The van der Waals surface area contributed by atoms with E-state index in [1.165, 1.54) is 64.2 Å². The molecule has 0 radical (unpaired) electrons. The standard InChI is InChI=1S/C12H24NP/c14-13(11-7-3-1-4-8-11)12-9-5-2-6-10-12/h11-12H,1-10,14H2. The Morgan fingerprint density at radius 3 is 1.36 bits per heavy atom. The minimum atomic E-state index is 0.886. The predicted octanol–water partition coefficient (Wildman–Crippen LogP) is 3.74. The fourth-order valence-corrected chi connectivity index (χ4v) is 3.65. The zero-order valence-corrected chi connectivity index (χ0v) is 10.4. The highest BCUT2D eigenvalue weighted by Gasteiger charge is 2.25. The van der Waals surface area contributed by atoms with Gasteiger partial charge in [0.15, 0.2) is 0 Å². The third kappa shape index (κ3) is 2.70. The van der Waals surface area contributed by atoms with Crippen LogP contribution in [0.1, 0.15) is 64.2 Å². The summed E-state index contributed by atoms with van der Waals surface area (Å²) in [6.07, 6.45) is 14.6. The highest BCUT2D eigenvalue weighted by Crippen LogP contribution is 2.32. The minimum Gasteiger partial charge on any atom is -0.281 e. The van der Waals surface area contributed by atoms with Crippen LogP contribution in [0.5, 0.6) is 0 Å². The van der Waals surface area contributed by atoms with Gasteiger partial charge in [0.25, 0.3) is 0 Å². The number of hydrogen-bond donors (Lipinski definition) is 0. The van der Waals surface area contributed by atoms with Crippen LogP contribution in [0.4, 0.5) is 0 Å². The Bertz CT molecular complexity index is 142. The Morgan fingerprint density at radius 2 is 1.00 bits per heavy atom. The SMILES string of the molecule is PN(C1CCCCC1)C1CCCCC1. The van der Waals surface area contributed by atoms with Gasteiger partial charge in [0.2, 0.25) is 0 Å². The van der Waals surface area contributed by atoms with Gasteiger partial charge in [-0.2, -0.15) is 0 Å². The molecule has 0 N–H and O–H groups in total. The molecule has 14 heavy (non-hydrogen) atoms. The third-order valence-electron chi connectivity index (χ3n) is 3.99. The van der Waals surface area contributed by atoms with Crippen molar-refractivity contribution in [2.24, 2.45) is 0 Å². The molecule has 0 aromatic carbocycles. The quantitative estimate of drug-likeness (QED) is 0.631. The van der Waals surface area contributed by atoms with Crippen LogP contribution in [-0.4, -0.2) is 16.8 Å². The Labute approximate surface area is 90.9 Å². The third-order valence-corrected chi connectivity index (χ3v) is 4.84. The molecule has 0 aromatic heterocycles. The van der Waals surface area contributed by atoms with Crippen molar-refractivity contribution in [3.8, 4) is 0 Å². The maximum Gasteiger partial charge on any atom is 0.0132 e. The molecule has 0 aliphatic heterocycles. The fourth-order valence-electron chi connectivity index (χ4n) is 3.06. The maximum atomic E-state index is 3.03. The van der Waals surface area contributed by atoms with E-state index in [9.17, 15) is 0 Å². The van der Waals surface area contributed by atoms with E-state index < -0.39 is 0 Å². The number of nitrogens with zero attached hydrogens (tertiary/aromatic N) is 1. The van der Waals surface area contributed by atoms with Crippen LogP contribution in [0.2, 0.25) is 0 Å². The molecule has 1 nitrogen and oxygen atoms in total. The molecule has 2 rings (SSSR count). The molecule has 0 amide bonds. The first kappa shape index (κ1) is 10.9. The summed E-state index contributed by atoms with van der Waals surface area (Å²) in [4.78, 5) is 0. The van der Waals surface area contributed by atoms with E-state index >= 15 is 0 Å². The molecule has 1 atom stereocenters. The highest BCUT2D eigenvalue weighted by atomic mass is 31.0. The van der Waals surface area contributed by atoms with Gasteiger partial charge in [-0.3, -0.25) is 4.67 Å². The largest absolute Gasteiger partial charge is 0.281 e. The lowest BCUT2D eigenvalue weighted by molar-refractivity contribution is 0.183. The summed E-state index contributed by atoms with van der Waals surface area (Å²) in [5, 5.41) is 0. The first-order chi connectivity index (χ1) is 6.88. The van der Waals surface area contributed by atoms with E-state index in [2.05, 4.69) is 14.1 Å². The molecule has 2 aliphatic rings. The smallest absolute Gasteiger partial charge is 0.0132 e. The molecule has 2 aliphatic carbocycles. The summed E-state index contributed by atoms with van der Waals surface area (Å²) >= 11 is 0. The topological polar surface area (TPSA) is 3.24 Å². The Kier molecular flexibility index (Phi) is 4.25. The summed E-state index contributed by atoms with van der Waals surface area (Å²) in [5.41, 5.74) is 0. The van der Waals surface area contributed by atoms with Crippen molar-refractivity contribution in [1.82, 2.24) is 4.67 Å². The lowest BCUT2D eigenvalue weighted by atomic mass is 9.91. The van der Waals surface area contributed by atoms with E-state index in [1.54, 1.807) is 0 Å². The van der Waals surface area contributed by atoms with Gasteiger partial charge in [0, 0.05) is 12.1 Å². The van der Waals surface area contributed by atoms with Crippen LogP contribution < -0.4 is 0 Å². The summed E-state index contributed by atoms with van der Waals surface area (Å²) in [5.74, 6) is 0. The van der Waals surface area contributed by atoms with Gasteiger partial charge < -0.3 is 0 Å². The van der Waals surface area contributed by atoms with Crippen LogP contribution in [0.3, 0.4) is 0 Å². The molecule has 82 valence electrons. The van der Waals surface area contributed by atoms with E-state index in [4.69, 9.17) is 0 Å². The first-order valence-corrected chi connectivity index (χ1v) is 6.92. The van der Waals surface area contributed by atoms with Gasteiger partial charge >= 0.3 is 0 Å². The van der Waals surface area contributed by atoms with Crippen LogP contribution in [-0.2, 0) is 0 Å². The molecule has 2 saturated carbocycles. The van der Waals surface area contributed by atoms with Crippen LogP contribution in [0, 0.1) is 0 Å². The van der Waals surface area contributed by atoms with Crippen molar-refractivity contribution in [2.45, 2.75) is 76.3 Å². The molecule has 2 fully saturated rings. The average molecular weight is 213 g/mol. The van der Waals surface area contributed by atoms with Gasteiger partial charge in [-0.1, -0.05) is 47.9 Å². The molecule has 2 heteroatoms. The van der Waals surface area contributed by atoms with Gasteiger partial charge in [-0.15, -0.1) is 0 Å². The predicted molar refractivity (Wildman–Crippen MR) is 65.3 cm³/mol. The summed E-state index contributed by atoms with van der Waals surface area (Å²) < 4.78 is 2.64. The van der Waals surface area contributed by atoms with Crippen LogP contribution >= 0.6 is 9.39 Å². The molecule has 0 bridgehead atoms. The molecule has 1 unspecified atom stereocenters. The van der Waals surface area contributed by atoms with Crippen molar-refractivity contribution < 1.29 is 0 Å².